The lowest BCUT2D eigenvalue weighted by Crippen LogP contribution is -2.13. The first-order valence-electron chi connectivity index (χ1n) is 10.9. The molecule has 0 aliphatic carbocycles. The number of benzene rings is 4. The number of amides is 1. The van der Waals surface area contributed by atoms with Crippen LogP contribution >= 0.6 is 0 Å². The third kappa shape index (κ3) is 4.27. The number of hydrogen-bond donors (Lipinski definition) is 1. The molecular weight excluding hydrogens is 422 g/mol. The third-order valence-electron chi connectivity index (χ3n) is 5.50. The number of nitrogens with one attached hydrogen (secondary N) is 1. The van der Waals surface area contributed by atoms with Crippen LogP contribution in [0.25, 0.3) is 16.9 Å². The zero-order valence-corrected chi connectivity index (χ0v) is 18.3. The van der Waals surface area contributed by atoms with Gasteiger partial charge in [-0.15, -0.1) is 0 Å². The molecule has 5 rings (SSSR count). The number of carbonyl (C=O) groups excluding carboxylic acids is 2. The van der Waals surface area contributed by atoms with Gasteiger partial charge in [0.2, 0.25) is 0 Å². The summed E-state index contributed by atoms with van der Waals surface area (Å²) in [6.45, 7) is 0. The van der Waals surface area contributed by atoms with Crippen LogP contribution in [-0.4, -0.2) is 21.5 Å². The minimum absolute atomic E-state index is 0.0611. The highest BCUT2D eigenvalue weighted by molar-refractivity contribution is 6.10. The molecule has 0 fully saturated rings. The molecule has 0 atom stereocenters. The summed E-state index contributed by atoms with van der Waals surface area (Å²) in [5.74, 6) is -0.336. The summed E-state index contributed by atoms with van der Waals surface area (Å²) < 4.78 is 1.77. The average Bonchev–Trinajstić information content (AvgIpc) is 3.36. The molecule has 34 heavy (non-hydrogen) atoms. The summed E-state index contributed by atoms with van der Waals surface area (Å²) in [5.41, 5.74) is 4.70. The molecule has 0 bridgehead atoms. The number of ketones is 1. The van der Waals surface area contributed by atoms with Gasteiger partial charge in [0, 0.05) is 22.4 Å². The smallest absolute Gasteiger partial charge is 0.259 e. The monoisotopic (exact) mass is 443 g/mol. The number of aromatic nitrogens is 2. The van der Waals surface area contributed by atoms with Crippen molar-refractivity contribution in [3.05, 3.63) is 138 Å². The van der Waals surface area contributed by atoms with E-state index in [9.17, 15) is 9.59 Å². The lowest BCUT2D eigenvalue weighted by Gasteiger charge is -2.11. The van der Waals surface area contributed by atoms with E-state index in [1.165, 1.54) is 0 Å². The fraction of sp³-hybridized carbons (Fsp3) is 0. The first kappa shape index (κ1) is 21.1. The van der Waals surface area contributed by atoms with Gasteiger partial charge in [-0.25, -0.2) is 4.68 Å². The molecular formula is C29H21N3O2. The molecule has 4 aromatic carbocycles. The zero-order chi connectivity index (χ0) is 23.3. The Morgan fingerprint density at radius 3 is 1.85 bits per heavy atom. The fourth-order valence-corrected chi connectivity index (χ4v) is 3.81. The molecule has 0 spiro atoms. The van der Waals surface area contributed by atoms with Crippen molar-refractivity contribution < 1.29 is 9.59 Å². The van der Waals surface area contributed by atoms with E-state index in [4.69, 9.17) is 0 Å². The molecule has 164 valence electrons. The predicted octanol–water partition coefficient (Wildman–Crippen LogP) is 6.02. The molecule has 0 saturated carbocycles. The van der Waals surface area contributed by atoms with Gasteiger partial charge in [-0.2, -0.15) is 5.10 Å². The Morgan fingerprint density at radius 1 is 0.647 bits per heavy atom. The van der Waals surface area contributed by atoms with E-state index in [-0.39, 0.29) is 11.7 Å². The molecule has 0 saturated heterocycles. The molecule has 0 unspecified atom stereocenters. The van der Waals surface area contributed by atoms with E-state index in [0.29, 0.717) is 28.1 Å². The Labute approximate surface area is 197 Å². The molecule has 1 amide bonds. The van der Waals surface area contributed by atoms with Crippen molar-refractivity contribution in [2.75, 3.05) is 5.32 Å². The summed E-state index contributed by atoms with van der Waals surface area (Å²) in [7, 11) is 0. The summed E-state index contributed by atoms with van der Waals surface area (Å²) in [6.07, 6.45) is 1.58. The lowest BCUT2D eigenvalue weighted by atomic mass is 10.0. The van der Waals surface area contributed by atoms with Crippen LogP contribution in [0.2, 0.25) is 0 Å². The minimum Gasteiger partial charge on any atom is -0.322 e. The second-order valence-electron chi connectivity index (χ2n) is 7.75. The van der Waals surface area contributed by atoms with E-state index in [2.05, 4.69) is 10.4 Å². The maximum Gasteiger partial charge on any atom is 0.259 e. The maximum absolute atomic E-state index is 13.3. The number of carbonyl (C=O) groups is 2. The Kier molecular flexibility index (Phi) is 5.82. The molecule has 1 aromatic heterocycles. The van der Waals surface area contributed by atoms with E-state index in [0.717, 1.165) is 11.3 Å². The molecule has 1 heterocycles. The first-order valence-corrected chi connectivity index (χ1v) is 10.9. The molecule has 5 heteroatoms. The van der Waals surface area contributed by atoms with Crippen molar-refractivity contribution in [2.45, 2.75) is 0 Å². The molecule has 0 aliphatic rings. The van der Waals surface area contributed by atoms with Gasteiger partial charge >= 0.3 is 0 Å². The Bertz CT molecular complexity index is 1430. The second kappa shape index (κ2) is 9.38. The topological polar surface area (TPSA) is 64.0 Å². The van der Waals surface area contributed by atoms with E-state index in [1.54, 1.807) is 47.3 Å². The molecule has 0 aliphatic heterocycles. The van der Waals surface area contributed by atoms with Crippen LogP contribution in [0.15, 0.2) is 121 Å². The first-order chi connectivity index (χ1) is 16.7. The quantitative estimate of drug-likeness (QED) is 0.326. The van der Waals surface area contributed by atoms with Crippen molar-refractivity contribution in [2.24, 2.45) is 0 Å². The van der Waals surface area contributed by atoms with E-state index in [1.807, 2.05) is 78.9 Å². The highest BCUT2D eigenvalue weighted by Gasteiger charge is 2.20. The van der Waals surface area contributed by atoms with Crippen LogP contribution in [0, 0.1) is 0 Å². The van der Waals surface area contributed by atoms with Crippen molar-refractivity contribution in [3.63, 3.8) is 0 Å². The van der Waals surface area contributed by atoms with Gasteiger partial charge in [-0.3, -0.25) is 9.59 Å². The molecule has 1 N–H and O–H groups in total. The number of hydrogen-bond acceptors (Lipinski definition) is 3. The summed E-state index contributed by atoms with van der Waals surface area (Å²) in [5, 5.41) is 7.44. The van der Waals surface area contributed by atoms with E-state index >= 15 is 0 Å². The minimum atomic E-state index is -0.275. The Hall–Kier alpha value is -4.77. The zero-order valence-electron chi connectivity index (χ0n) is 18.3. The maximum atomic E-state index is 13.3. The highest BCUT2D eigenvalue weighted by Crippen LogP contribution is 2.27. The van der Waals surface area contributed by atoms with Gasteiger partial charge in [0.15, 0.2) is 5.78 Å². The van der Waals surface area contributed by atoms with Gasteiger partial charge in [0.05, 0.1) is 23.1 Å². The van der Waals surface area contributed by atoms with Gasteiger partial charge in [0.25, 0.3) is 5.91 Å². The Morgan fingerprint density at radius 2 is 1.21 bits per heavy atom. The lowest BCUT2D eigenvalue weighted by molar-refractivity contribution is 0.102. The van der Waals surface area contributed by atoms with Crippen molar-refractivity contribution >= 4 is 17.4 Å². The SMILES string of the molecule is O=C(c1ccccc1)c1ccc(NC(=O)c2cnn(-c3ccccc3)c2-c2ccccc2)cc1. The highest BCUT2D eigenvalue weighted by atomic mass is 16.1. The van der Waals surface area contributed by atoms with Gasteiger partial charge in [-0.05, 0) is 36.4 Å². The molecule has 5 aromatic rings. The summed E-state index contributed by atoms with van der Waals surface area (Å²) in [4.78, 5) is 25.9. The van der Waals surface area contributed by atoms with Crippen LogP contribution in [-0.2, 0) is 0 Å². The number of anilines is 1. The summed E-state index contributed by atoms with van der Waals surface area (Å²) >= 11 is 0. The Balaban J connectivity index is 1.43. The van der Waals surface area contributed by atoms with Crippen molar-refractivity contribution in [1.29, 1.82) is 0 Å². The number of para-hydroxylation sites is 1. The molecule has 5 nitrogen and oxygen atoms in total. The average molecular weight is 444 g/mol. The summed E-state index contributed by atoms with van der Waals surface area (Å²) in [6, 6.07) is 35.4. The fourth-order valence-electron chi connectivity index (χ4n) is 3.81. The van der Waals surface area contributed by atoms with Gasteiger partial charge in [-0.1, -0.05) is 78.9 Å². The predicted molar refractivity (Wildman–Crippen MR) is 133 cm³/mol. The van der Waals surface area contributed by atoms with Crippen LogP contribution in [0.1, 0.15) is 26.3 Å². The number of rotatable bonds is 6. The van der Waals surface area contributed by atoms with Crippen LogP contribution in [0.4, 0.5) is 5.69 Å². The third-order valence-corrected chi connectivity index (χ3v) is 5.50. The second-order valence-corrected chi connectivity index (χ2v) is 7.75. The van der Waals surface area contributed by atoms with Crippen LogP contribution in [0.5, 0.6) is 0 Å². The van der Waals surface area contributed by atoms with Crippen molar-refractivity contribution in [3.8, 4) is 16.9 Å². The standard InChI is InChI=1S/C29H21N3O2/c33-28(22-12-6-2-7-13-22)23-16-18-24(19-17-23)31-29(34)26-20-30-32(25-14-8-3-9-15-25)27(26)21-10-4-1-5-11-21/h1-20H,(H,31,34). The number of nitrogens with zero attached hydrogens (tertiary/aromatic N) is 2. The van der Waals surface area contributed by atoms with Crippen LogP contribution < -0.4 is 5.32 Å². The molecule has 0 radical (unpaired) electrons. The van der Waals surface area contributed by atoms with Crippen molar-refractivity contribution in [1.82, 2.24) is 9.78 Å². The van der Waals surface area contributed by atoms with E-state index < -0.39 is 0 Å². The van der Waals surface area contributed by atoms with Gasteiger partial charge in [0.1, 0.15) is 0 Å². The normalized spacial score (nSPS) is 10.6. The largest absolute Gasteiger partial charge is 0.322 e. The van der Waals surface area contributed by atoms with Gasteiger partial charge < -0.3 is 5.32 Å². The van der Waals surface area contributed by atoms with Crippen LogP contribution in [0.3, 0.4) is 0 Å².